The maximum absolute atomic E-state index is 11.0. The number of hydrogen-bond acceptors (Lipinski definition) is 2. The highest BCUT2D eigenvalue weighted by molar-refractivity contribution is 5.31. The van der Waals surface area contributed by atoms with Crippen LogP contribution in [0, 0.1) is 19.8 Å². The smallest absolute Gasteiger partial charge is 0.0740 e. The van der Waals surface area contributed by atoms with Crippen molar-refractivity contribution in [2.45, 2.75) is 52.2 Å². The summed E-state index contributed by atoms with van der Waals surface area (Å²) < 4.78 is 0. The third-order valence-corrected chi connectivity index (χ3v) is 4.96. The molecule has 1 fully saturated rings. The highest BCUT2D eigenvalue weighted by Gasteiger charge is 2.40. The van der Waals surface area contributed by atoms with Gasteiger partial charge in [-0.1, -0.05) is 25.1 Å². The number of hydrogen-bond donors (Lipinski definition) is 1. The van der Waals surface area contributed by atoms with E-state index in [1.807, 2.05) is 0 Å². The molecule has 1 heterocycles. The van der Waals surface area contributed by atoms with Gasteiger partial charge in [-0.15, -0.1) is 0 Å². The third kappa shape index (κ3) is 3.01. The number of likely N-dealkylation sites (tertiary alicyclic amines) is 1. The molecule has 0 spiro atoms. The quantitative estimate of drug-likeness (QED) is 0.885. The number of piperidine rings is 1. The van der Waals surface area contributed by atoms with Gasteiger partial charge in [0.15, 0.2) is 0 Å². The minimum absolute atomic E-state index is 0.315. The first-order valence-corrected chi connectivity index (χ1v) is 7.30. The summed E-state index contributed by atoms with van der Waals surface area (Å²) >= 11 is 0. The maximum Gasteiger partial charge on any atom is 0.0740 e. The fourth-order valence-electron chi connectivity index (χ4n) is 3.16. The zero-order valence-electron chi connectivity index (χ0n) is 12.9. The highest BCUT2D eigenvalue weighted by Crippen LogP contribution is 2.34. The standard InChI is InChI=1S/C17H27NO/c1-12-6-7-16(8-13(12)2)10-17(19)9-15(4)18(5)11-14(17)3/h6-8,14-15,19H,9-11H2,1-5H3. The Morgan fingerprint density at radius 1 is 1.26 bits per heavy atom. The topological polar surface area (TPSA) is 23.5 Å². The van der Waals surface area contributed by atoms with Crippen LogP contribution in [0.5, 0.6) is 0 Å². The van der Waals surface area contributed by atoms with Crippen molar-refractivity contribution in [1.29, 1.82) is 0 Å². The van der Waals surface area contributed by atoms with Crippen LogP contribution in [0.25, 0.3) is 0 Å². The summed E-state index contributed by atoms with van der Waals surface area (Å²) in [6.07, 6.45) is 1.63. The number of benzene rings is 1. The molecule has 1 aliphatic rings. The normalized spacial score (nSPS) is 32.5. The van der Waals surface area contributed by atoms with Crippen LogP contribution in [0.1, 0.15) is 37.0 Å². The lowest BCUT2D eigenvalue weighted by molar-refractivity contribution is -0.0778. The molecule has 1 aromatic rings. The Balaban J connectivity index is 2.18. The van der Waals surface area contributed by atoms with Gasteiger partial charge >= 0.3 is 0 Å². The van der Waals surface area contributed by atoms with Crippen LogP contribution >= 0.6 is 0 Å². The fraction of sp³-hybridized carbons (Fsp3) is 0.647. The van der Waals surface area contributed by atoms with E-state index < -0.39 is 5.60 Å². The molecule has 1 aromatic carbocycles. The van der Waals surface area contributed by atoms with E-state index in [0.717, 1.165) is 19.4 Å². The van der Waals surface area contributed by atoms with Crippen molar-refractivity contribution in [2.75, 3.05) is 13.6 Å². The third-order valence-electron chi connectivity index (χ3n) is 4.96. The minimum atomic E-state index is -0.562. The van der Waals surface area contributed by atoms with Gasteiger partial charge < -0.3 is 10.0 Å². The van der Waals surface area contributed by atoms with Gasteiger partial charge in [-0.05, 0) is 56.8 Å². The first kappa shape index (κ1) is 14.5. The van der Waals surface area contributed by atoms with Gasteiger partial charge in [0.25, 0.3) is 0 Å². The van der Waals surface area contributed by atoms with E-state index in [1.54, 1.807) is 0 Å². The van der Waals surface area contributed by atoms with Crippen molar-refractivity contribution in [3.63, 3.8) is 0 Å². The Morgan fingerprint density at radius 3 is 2.58 bits per heavy atom. The number of nitrogens with zero attached hydrogens (tertiary/aromatic N) is 1. The highest BCUT2D eigenvalue weighted by atomic mass is 16.3. The molecule has 0 amide bonds. The molecule has 0 bridgehead atoms. The van der Waals surface area contributed by atoms with Gasteiger partial charge in [-0.25, -0.2) is 0 Å². The van der Waals surface area contributed by atoms with Crippen LogP contribution in [-0.2, 0) is 6.42 Å². The molecular formula is C17H27NO. The molecule has 2 rings (SSSR count). The summed E-state index contributed by atoms with van der Waals surface area (Å²) in [5.41, 5.74) is 3.33. The monoisotopic (exact) mass is 261 g/mol. The van der Waals surface area contributed by atoms with Crippen molar-refractivity contribution in [3.8, 4) is 0 Å². The summed E-state index contributed by atoms with van der Waals surface area (Å²) in [6.45, 7) is 9.63. The van der Waals surface area contributed by atoms with E-state index in [4.69, 9.17) is 0 Å². The molecule has 1 N–H and O–H groups in total. The predicted octanol–water partition coefficient (Wildman–Crippen LogP) is 2.94. The molecule has 1 aliphatic heterocycles. The first-order valence-electron chi connectivity index (χ1n) is 7.30. The largest absolute Gasteiger partial charge is 0.389 e. The summed E-state index contributed by atoms with van der Waals surface area (Å²) in [4.78, 5) is 2.35. The molecule has 0 aliphatic carbocycles. The maximum atomic E-state index is 11.0. The van der Waals surface area contributed by atoms with Crippen LogP contribution in [0.2, 0.25) is 0 Å². The van der Waals surface area contributed by atoms with Gasteiger partial charge in [-0.3, -0.25) is 0 Å². The molecule has 2 heteroatoms. The Hall–Kier alpha value is -0.860. The van der Waals surface area contributed by atoms with Crippen LogP contribution in [0.4, 0.5) is 0 Å². The number of aryl methyl sites for hydroxylation is 2. The second kappa shape index (κ2) is 5.26. The lowest BCUT2D eigenvalue weighted by Crippen LogP contribution is -2.54. The Bertz CT molecular complexity index is 457. The second-order valence-electron chi connectivity index (χ2n) is 6.59. The fourth-order valence-corrected chi connectivity index (χ4v) is 3.16. The molecule has 0 aromatic heterocycles. The van der Waals surface area contributed by atoms with Crippen LogP contribution in [-0.4, -0.2) is 35.2 Å². The molecule has 1 saturated heterocycles. The molecular weight excluding hydrogens is 234 g/mol. The zero-order chi connectivity index (χ0) is 14.2. The predicted molar refractivity (Wildman–Crippen MR) is 80.4 cm³/mol. The molecule has 0 radical (unpaired) electrons. The molecule has 3 atom stereocenters. The molecule has 0 saturated carbocycles. The summed E-state index contributed by atoms with van der Waals surface area (Å²) in [5, 5.41) is 11.0. The van der Waals surface area contributed by atoms with Crippen LogP contribution in [0.3, 0.4) is 0 Å². The minimum Gasteiger partial charge on any atom is -0.389 e. The van der Waals surface area contributed by atoms with Crippen molar-refractivity contribution in [2.24, 2.45) is 5.92 Å². The molecule has 3 unspecified atom stereocenters. The van der Waals surface area contributed by atoms with E-state index in [0.29, 0.717) is 12.0 Å². The molecule has 2 nitrogen and oxygen atoms in total. The SMILES string of the molecule is Cc1ccc(CC2(O)CC(C)N(C)CC2C)cc1C. The van der Waals surface area contributed by atoms with Crippen molar-refractivity contribution < 1.29 is 5.11 Å². The van der Waals surface area contributed by atoms with Crippen molar-refractivity contribution in [3.05, 3.63) is 34.9 Å². The van der Waals surface area contributed by atoms with Gasteiger partial charge in [-0.2, -0.15) is 0 Å². The summed E-state index contributed by atoms with van der Waals surface area (Å²) in [7, 11) is 2.15. The van der Waals surface area contributed by atoms with Crippen LogP contribution in [0.15, 0.2) is 18.2 Å². The first-order chi connectivity index (χ1) is 8.82. The van der Waals surface area contributed by atoms with Gasteiger partial charge in [0.1, 0.15) is 0 Å². The Kier molecular flexibility index (Phi) is 4.03. The van der Waals surface area contributed by atoms with E-state index in [2.05, 4.69) is 57.8 Å². The van der Waals surface area contributed by atoms with Crippen molar-refractivity contribution >= 4 is 0 Å². The van der Waals surface area contributed by atoms with E-state index in [9.17, 15) is 5.11 Å². The van der Waals surface area contributed by atoms with E-state index >= 15 is 0 Å². The van der Waals surface area contributed by atoms with Gasteiger partial charge in [0.05, 0.1) is 5.60 Å². The van der Waals surface area contributed by atoms with E-state index in [1.165, 1.54) is 16.7 Å². The van der Waals surface area contributed by atoms with Crippen LogP contribution < -0.4 is 0 Å². The lowest BCUT2D eigenvalue weighted by Gasteiger charge is -2.46. The van der Waals surface area contributed by atoms with Crippen molar-refractivity contribution in [1.82, 2.24) is 4.90 Å². The van der Waals surface area contributed by atoms with Gasteiger partial charge in [0.2, 0.25) is 0 Å². The summed E-state index contributed by atoms with van der Waals surface area (Å²) in [6, 6.07) is 7.00. The second-order valence-corrected chi connectivity index (χ2v) is 6.59. The number of aliphatic hydroxyl groups is 1. The molecule has 106 valence electrons. The average molecular weight is 261 g/mol. The lowest BCUT2D eigenvalue weighted by atomic mass is 9.75. The Morgan fingerprint density at radius 2 is 1.95 bits per heavy atom. The average Bonchev–Trinajstić information content (AvgIpc) is 2.32. The zero-order valence-corrected chi connectivity index (χ0v) is 12.9. The van der Waals surface area contributed by atoms with Gasteiger partial charge in [0, 0.05) is 19.0 Å². The summed E-state index contributed by atoms with van der Waals surface area (Å²) in [5.74, 6) is 0.315. The van der Waals surface area contributed by atoms with E-state index in [-0.39, 0.29) is 0 Å². The molecule has 19 heavy (non-hydrogen) atoms. The Labute approximate surface area is 117 Å². The number of rotatable bonds is 2.